The number of para-hydroxylation sites is 1. The second-order valence-corrected chi connectivity index (χ2v) is 6.49. The average molecular weight is 355 g/mol. The number of hydrogen-bond donors (Lipinski definition) is 1. The molecule has 0 saturated carbocycles. The summed E-state index contributed by atoms with van der Waals surface area (Å²) >= 11 is 0. The topological polar surface area (TPSA) is 64.6 Å². The lowest BCUT2D eigenvalue weighted by atomic mass is 10.1. The highest BCUT2D eigenvalue weighted by Gasteiger charge is 2.12. The summed E-state index contributed by atoms with van der Waals surface area (Å²) in [5.41, 5.74) is 5.72. The van der Waals surface area contributed by atoms with Gasteiger partial charge in [-0.1, -0.05) is 35.9 Å². The molecule has 0 bridgehead atoms. The Morgan fingerprint density at radius 2 is 1.46 bits per heavy atom. The summed E-state index contributed by atoms with van der Waals surface area (Å²) < 4.78 is 10.6. The van der Waals surface area contributed by atoms with E-state index in [9.17, 15) is 9.59 Å². The smallest absolute Gasteiger partial charge is 0.344 e. The van der Waals surface area contributed by atoms with Crippen molar-refractivity contribution in [3.05, 3.63) is 58.1 Å². The minimum atomic E-state index is -0.582. The third-order valence-electron chi connectivity index (χ3n) is 4.05. The lowest BCUT2D eigenvalue weighted by Gasteiger charge is -2.13. The van der Waals surface area contributed by atoms with E-state index in [1.54, 1.807) is 0 Å². The normalized spacial score (nSPS) is 10.3. The molecule has 0 heterocycles. The average Bonchev–Trinajstić information content (AvgIpc) is 2.55. The standard InChI is InChI=1S/C21H25NO4/c1-13-9-16(4)21(17(5)10-13)26-12-19(24)25-11-18(23)22-20-14(2)7-6-8-15(20)3/h6-10H,11-12H2,1-5H3,(H,22,23). The zero-order chi connectivity index (χ0) is 19.3. The maximum absolute atomic E-state index is 12.0. The molecular formula is C21H25NO4. The van der Waals surface area contributed by atoms with Crippen LogP contribution in [0.3, 0.4) is 0 Å². The molecule has 5 heteroatoms. The van der Waals surface area contributed by atoms with E-state index in [0.717, 1.165) is 33.5 Å². The molecule has 2 rings (SSSR count). The van der Waals surface area contributed by atoms with Gasteiger partial charge in [0.05, 0.1) is 0 Å². The number of ether oxygens (including phenoxy) is 2. The summed E-state index contributed by atoms with van der Waals surface area (Å²) in [5.74, 6) is -0.285. The van der Waals surface area contributed by atoms with Crippen LogP contribution in [0.4, 0.5) is 5.69 Å². The van der Waals surface area contributed by atoms with Crippen molar-refractivity contribution in [1.29, 1.82) is 0 Å². The number of esters is 1. The van der Waals surface area contributed by atoms with Crippen LogP contribution in [0.5, 0.6) is 5.75 Å². The van der Waals surface area contributed by atoms with Crippen molar-refractivity contribution >= 4 is 17.6 Å². The van der Waals surface area contributed by atoms with Gasteiger partial charge in [0.1, 0.15) is 5.75 Å². The SMILES string of the molecule is Cc1cc(C)c(OCC(=O)OCC(=O)Nc2c(C)cccc2C)c(C)c1. The van der Waals surface area contributed by atoms with Gasteiger partial charge in [-0.15, -0.1) is 0 Å². The fourth-order valence-corrected chi connectivity index (χ4v) is 2.90. The zero-order valence-corrected chi connectivity index (χ0v) is 15.9. The molecule has 1 amide bonds. The van der Waals surface area contributed by atoms with Gasteiger partial charge in [0, 0.05) is 5.69 Å². The number of carbonyl (C=O) groups excluding carboxylic acids is 2. The van der Waals surface area contributed by atoms with E-state index in [0.29, 0.717) is 5.75 Å². The van der Waals surface area contributed by atoms with Gasteiger partial charge in [-0.05, 0) is 56.9 Å². The van der Waals surface area contributed by atoms with Crippen molar-refractivity contribution < 1.29 is 19.1 Å². The van der Waals surface area contributed by atoms with Crippen LogP contribution in [0.25, 0.3) is 0 Å². The first-order valence-corrected chi connectivity index (χ1v) is 8.50. The molecule has 1 N–H and O–H groups in total. The van der Waals surface area contributed by atoms with Crippen LogP contribution in [-0.4, -0.2) is 25.1 Å². The van der Waals surface area contributed by atoms with E-state index >= 15 is 0 Å². The van der Waals surface area contributed by atoms with E-state index in [2.05, 4.69) is 5.32 Å². The molecule has 0 radical (unpaired) electrons. The molecule has 0 fully saturated rings. The van der Waals surface area contributed by atoms with Crippen LogP contribution < -0.4 is 10.1 Å². The Labute approximate surface area is 154 Å². The molecule has 26 heavy (non-hydrogen) atoms. The van der Waals surface area contributed by atoms with Gasteiger partial charge in [-0.3, -0.25) is 4.79 Å². The van der Waals surface area contributed by atoms with E-state index < -0.39 is 5.97 Å². The zero-order valence-electron chi connectivity index (χ0n) is 15.9. The Morgan fingerprint density at radius 1 is 0.885 bits per heavy atom. The molecule has 0 aliphatic carbocycles. The van der Waals surface area contributed by atoms with Crippen molar-refractivity contribution in [2.75, 3.05) is 18.5 Å². The Bertz CT molecular complexity index is 784. The largest absolute Gasteiger partial charge is 0.481 e. The Morgan fingerprint density at radius 3 is 2.04 bits per heavy atom. The fraction of sp³-hybridized carbons (Fsp3) is 0.333. The summed E-state index contributed by atoms with van der Waals surface area (Å²) in [6.45, 7) is 9.11. The maximum atomic E-state index is 12.0. The molecule has 138 valence electrons. The maximum Gasteiger partial charge on any atom is 0.344 e. The first-order valence-electron chi connectivity index (χ1n) is 8.50. The predicted molar refractivity (Wildman–Crippen MR) is 102 cm³/mol. The first-order chi connectivity index (χ1) is 12.3. The second kappa shape index (κ2) is 8.52. The highest BCUT2D eigenvalue weighted by atomic mass is 16.6. The third-order valence-corrected chi connectivity index (χ3v) is 4.05. The summed E-state index contributed by atoms with van der Waals surface area (Å²) in [5, 5.41) is 2.78. The molecular weight excluding hydrogens is 330 g/mol. The molecule has 0 spiro atoms. The number of rotatable bonds is 6. The molecule has 0 atom stereocenters. The highest BCUT2D eigenvalue weighted by molar-refractivity contribution is 5.94. The van der Waals surface area contributed by atoms with Gasteiger partial charge in [-0.25, -0.2) is 4.79 Å². The van der Waals surface area contributed by atoms with Gasteiger partial charge in [0.15, 0.2) is 13.2 Å². The van der Waals surface area contributed by atoms with Gasteiger partial charge in [0.2, 0.25) is 0 Å². The molecule has 2 aromatic rings. The molecule has 0 aromatic heterocycles. The Kier molecular flexibility index (Phi) is 6.39. The second-order valence-electron chi connectivity index (χ2n) is 6.49. The molecule has 5 nitrogen and oxygen atoms in total. The summed E-state index contributed by atoms with van der Waals surface area (Å²) in [6, 6.07) is 9.73. The van der Waals surface area contributed by atoms with Gasteiger partial charge in [0.25, 0.3) is 5.91 Å². The minimum absolute atomic E-state index is 0.235. The lowest BCUT2D eigenvalue weighted by molar-refractivity contribution is -0.149. The summed E-state index contributed by atoms with van der Waals surface area (Å²) in [7, 11) is 0. The highest BCUT2D eigenvalue weighted by Crippen LogP contribution is 2.24. The van der Waals surface area contributed by atoms with E-state index in [4.69, 9.17) is 9.47 Å². The molecule has 0 aliphatic heterocycles. The van der Waals surface area contributed by atoms with Crippen LogP contribution in [0.2, 0.25) is 0 Å². The van der Waals surface area contributed by atoms with E-state index in [-0.39, 0.29) is 19.1 Å². The van der Waals surface area contributed by atoms with Crippen molar-refractivity contribution in [3.63, 3.8) is 0 Å². The molecule has 0 unspecified atom stereocenters. The van der Waals surface area contributed by atoms with Crippen molar-refractivity contribution in [2.24, 2.45) is 0 Å². The van der Waals surface area contributed by atoms with Crippen LogP contribution >= 0.6 is 0 Å². The van der Waals surface area contributed by atoms with Gasteiger partial charge < -0.3 is 14.8 Å². The third kappa shape index (κ3) is 5.09. The number of benzene rings is 2. The predicted octanol–water partition coefficient (Wildman–Crippen LogP) is 3.79. The Balaban J connectivity index is 1.85. The number of hydrogen-bond acceptors (Lipinski definition) is 4. The van der Waals surface area contributed by atoms with Gasteiger partial charge >= 0.3 is 5.97 Å². The van der Waals surface area contributed by atoms with Crippen molar-refractivity contribution in [2.45, 2.75) is 34.6 Å². The molecule has 0 aliphatic rings. The van der Waals surface area contributed by atoms with Crippen molar-refractivity contribution in [3.8, 4) is 5.75 Å². The van der Waals surface area contributed by atoms with Crippen LogP contribution in [0, 0.1) is 34.6 Å². The lowest BCUT2D eigenvalue weighted by Crippen LogP contribution is -2.24. The number of nitrogens with one attached hydrogen (secondary N) is 1. The number of carbonyl (C=O) groups is 2. The van der Waals surface area contributed by atoms with E-state index in [1.807, 2.05) is 65.0 Å². The van der Waals surface area contributed by atoms with Crippen LogP contribution in [-0.2, 0) is 14.3 Å². The fourth-order valence-electron chi connectivity index (χ4n) is 2.90. The monoisotopic (exact) mass is 355 g/mol. The van der Waals surface area contributed by atoms with Crippen LogP contribution in [0.15, 0.2) is 30.3 Å². The van der Waals surface area contributed by atoms with Gasteiger partial charge in [-0.2, -0.15) is 0 Å². The van der Waals surface area contributed by atoms with Crippen LogP contribution in [0.1, 0.15) is 27.8 Å². The number of anilines is 1. The summed E-state index contributed by atoms with van der Waals surface area (Å²) in [4.78, 5) is 23.9. The van der Waals surface area contributed by atoms with E-state index in [1.165, 1.54) is 0 Å². The summed E-state index contributed by atoms with van der Waals surface area (Å²) in [6.07, 6.45) is 0. The molecule has 2 aromatic carbocycles. The molecule has 0 saturated heterocycles. The Hall–Kier alpha value is -2.82. The van der Waals surface area contributed by atoms with Crippen molar-refractivity contribution in [1.82, 2.24) is 0 Å². The number of amides is 1. The number of aryl methyl sites for hydroxylation is 5. The minimum Gasteiger partial charge on any atom is -0.481 e. The quantitative estimate of drug-likeness (QED) is 0.801. The first kappa shape index (κ1) is 19.5.